The third kappa shape index (κ3) is 5.38. The molecule has 1 fully saturated rings. The second kappa shape index (κ2) is 8.47. The van der Waals surface area contributed by atoms with Gasteiger partial charge in [-0.1, -0.05) is 6.92 Å². The largest absolute Gasteiger partial charge is 0.489 e. The number of likely N-dealkylation sites (N-methyl/N-ethyl adjacent to an activating group) is 1. The van der Waals surface area contributed by atoms with E-state index in [2.05, 4.69) is 17.1 Å². The first-order chi connectivity index (χ1) is 10.2. The number of nitrogens with zero attached hydrogens (tertiary/aromatic N) is 1. The van der Waals surface area contributed by atoms with Crippen molar-refractivity contribution in [3.8, 4) is 5.75 Å². The maximum Gasteiger partial charge on any atom is 0.119 e. The number of rotatable bonds is 7. The molecule has 1 aliphatic rings. The lowest BCUT2D eigenvalue weighted by atomic mass is 10.1. The zero-order chi connectivity index (χ0) is 15.1. The van der Waals surface area contributed by atoms with Crippen LogP contribution in [-0.4, -0.2) is 54.3 Å². The lowest BCUT2D eigenvalue weighted by Gasteiger charge is -2.32. The fourth-order valence-corrected chi connectivity index (χ4v) is 2.64. The molecule has 1 aromatic rings. The molecule has 4 nitrogen and oxygen atoms in total. The number of aliphatic hydroxyl groups excluding tert-OH is 1. The van der Waals surface area contributed by atoms with Crippen molar-refractivity contribution in [3.05, 3.63) is 24.3 Å². The average molecular weight is 313 g/mol. The first kappa shape index (κ1) is 16.4. The number of aliphatic hydroxyl groups is 1. The second-order valence-electron chi connectivity index (χ2n) is 5.49. The molecule has 1 saturated heterocycles. The molecule has 2 atom stereocenters. The molecular weight excluding hydrogens is 288 g/mol. The molecule has 5 heteroatoms. The molecule has 0 radical (unpaired) electrons. The van der Waals surface area contributed by atoms with E-state index < -0.39 is 6.10 Å². The predicted octanol–water partition coefficient (Wildman–Crippen LogP) is 2.56. The molecule has 2 N–H and O–H groups in total. The van der Waals surface area contributed by atoms with Crippen LogP contribution >= 0.6 is 11.6 Å². The number of nitrogens with one attached hydrogen (secondary N) is 1. The first-order valence-corrected chi connectivity index (χ1v) is 8.21. The fraction of sp³-hybridized carbons (Fsp3) is 0.625. The van der Waals surface area contributed by atoms with E-state index in [1.165, 1.54) is 13.0 Å². The van der Waals surface area contributed by atoms with E-state index >= 15 is 0 Å². The van der Waals surface area contributed by atoms with Gasteiger partial charge in [0.15, 0.2) is 0 Å². The molecule has 0 aromatic heterocycles. The molecule has 0 bridgehead atoms. The Bertz CT molecular complexity index is 413. The first-order valence-electron chi connectivity index (χ1n) is 7.68. The molecule has 1 aliphatic heterocycles. The molecule has 0 amide bonds. The van der Waals surface area contributed by atoms with Gasteiger partial charge in [0, 0.05) is 18.8 Å². The van der Waals surface area contributed by atoms with Crippen LogP contribution in [0.25, 0.3) is 0 Å². The van der Waals surface area contributed by atoms with Gasteiger partial charge in [-0.05, 0) is 50.2 Å². The second-order valence-corrected chi connectivity index (χ2v) is 5.80. The summed E-state index contributed by atoms with van der Waals surface area (Å²) in [6.07, 6.45) is 2.09. The summed E-state index contributed by atoms with van der Waals surface area (Å²) in [6.45, 7) is 5.93. The van der Waals surface area contributed by atoms with Crippen molar-refractivity contribution in [2.75, 3.05) is 37.4 Å². The molecule has 21 heavy (non-hydrogen) atoms. The van der Waals surface area contributed by atoms with Gasteiger partial charge in [-0.25, -0.2) is 0 Å². The highest BCUT2D eigenvalue weighted by Crippen LogP contribution is 2.20. The lowest BCUT2D eigenvalue weighted by Crippen LogP contribution is -2.40. The number of hydrogen-bond donors (Lipinski definition) is 2. The summed E-state index contributed by atoms with van der Waals surface area (Å²) in [6, 6.07) is 7.88. The molecule has 1 heterocycles. The van der Waals surface area contributed by atoms with Crippen LogP contribution in [0.3, 0.4) is 0 Å². The SMILES string of the molecule is CCN1CCCC(Oc2ccc(NCC(O)CCl)cc2)C1. The Morgan fingerprint density at radius 1 is 1.43 bits per heavy atom. The third-order valence-electron chi connectivity index (χ3n) is 3.79. The number of ether oxygens (including phenoxy) is 1. The predicted molar refractivity (Wildman–Crippen MR) is 87.4 cm³/mol. The molecule has 2 rings (SSSR count). The average Bonchev–Trinajstić information content (AvgIpc) is 2.54. The molecule has 2 unspecified atom stereocenters. The van der Waals surface area contributed by atoms with E-state index in [0.29, 0.717) is 6.54 Å². The van der Waals surface area contributed by atoms with Crippen LogP contribution < -0.4 is 10.1 Å². The van der Waals surface area contributed by atoms with Crippen molar-refractivity contribution in [3.63, 3.8) is 0 Å². The summed E-state index contributed by atoms with van der Waals surface area (Å²) in [5, 5.41) is 12.6. The minimum Gasteiger partial charge on any atom is -0.489 e. The number of anilines is 1. The number of piperidine rings is 1. The van der Waals surface area contributed by atoms with Crippen LogP contribution in [0, 0.1) is 0 Å². The van der Waals surface area contributed by atoms with Crippen molar-refractivity contribution in [1.82, 2.24) is 4.90 Å². The van der Waals surface area contributed by atoms with Crippen LogP contribution in [0.2, 0.25) is 0 Å². The highest BCUT2D eigenvalue weighted by molar-refractivity contribution is 6.18. The highest BCUT2D eigenvalue weighted by atomic mass is 35.5. The number of alkyl halides is 1. The Labute approximate surface area is 132 Å². The van der Waals surface area contributed by atoms with Crippen LogP contribution in [0.15, 0.2) is 24.3 Å². The summed E-state index contributed by atoms with van der Waals surface area (Å²) in [5.41, 5.74) is 0.963. The minimum absolute atomic E-state index is 0.240. The van der Waals surface area contributed by atoms with Crippen molar-refractivity contribution >= 4 is 17.3 Å². The topological polar surface area (TPSA) is 44.7 Å². The molecule has 0 spiro atoms. The van der Waals surface area contributed by atoms with Crippen LogP contribution in [0.1, 0.15) is 19.8 Å². The normalized spacial score (nSPS) is 21.0. The zero-order valence-electron chi connectivity index (χ0n) is 12.6. The summed E-state index contributed by atoms with van der Waals surface area (Å²) in [5.74, 6) is 1.14. The Morgan fingerprint density at radius 2 is 2.19 bits per heavy atom. The molecular formula is C16H25ClN2O2. The summed E-state index contributed by atoms with van der Waals surface area (Å²) in [7, 11) is 0. The molecule has 0 aliphatic carbocycles. The molecule has 0 saturated carbocycles. The summed E-state index contributed by atoms with van der Waals surface area (Å²) in [4.78, 5) is 2.43. The summed E-state index contributed by atoms with van der Waals surface area (Å²) < 4.78 is 6.05. The summed E-state index contributed by atoms with van der Waals surface area (Å²) >= 11 is 5.56. The maximum absolute atomic E-state index is 9.41. The standard InChI is InChI=1S/C16H25ClN2O2/c1-2-19-9-3-4-16(12-19)21-15-7-5-13(6-8-15)18-11-14(20)10-17/h5-8,14,16,18,20H,2-4,9-12H2,1H3. The van der Waals surface area contributed by atoms with Crippen LogP contribution in [0.5, 0.6) is 5.75 Å². The Kier molecular flexibility index (Phi) is 6.61. The number of hydrogen-bond acceptors (Lipinski definition) is 4. The van der Waals surface area contributed by atoms with Gasteiger partial charge in [-0.3, -0.25) is 4.90 Å². The molecule has 1 aromatic carbocycles. The van der Waals surface area contributed by atoms with Crippen molar-refractivity contribution in [2.24, 2.45) is 0 Å². The smallest absolute Gasteiger partial charge is 0.119 e. The monoisotopic (exact) mass is 312 g/mol. The fourth-order valence-electron chi connectivity index (χ4n) is 2.53. The van der Waals surface area contributed by atoms with Gasteiger partial charge in [0.05, 0.1) is 12.0 Å². The van der Waals surface area contributed by atoms with Gasteiger partial charge >= 0.3 is 0 Å². The van der Waals surface area contributed by atoms with E-state index in [9.17, 15) is 5.11 Å². The van der Waals surface area contributed by atoms with Crippen molar-refractivity contribution < 1.29 is 9.84 Å². The van der Waals surface area contributed by atoms with E-state index in [1.54, 1.807) is 0 Å². The van der Waals surface area contributed by atoms with Gasteiger partial charge in [-0.2, -0.15) is 0 Å². The van der Waals surface area contributed by atoms with E-state index in [1.807, 2.05) is 24.3 Å². The quantitative estimate of drug-likeness (QED) is 0.760. The number of likely N-dealkylation sites (tertiary alicyclic amines) is 1. The number of halogens is 1. The van der Waals surface area contributed by atoms with Gasteiger partial charge in [-0.15, -0.1) is 11.6 Å². The molecule has 118 valence electrons. The highest BCUT2D eigenvalue weighted by Gasteiger charge is 2.19. The third-order valence-corrected chi connectivity index (χ3v) is 4.14. The van der Waals surface area contributed by atoms with E-state index in [-0.39, 0.29) is 12.0 Å². The van der Waals surface area contributed by atoms with Crippen LogP contribution in [-0.2, 0) is 0 Å². The van der Waals surface area contributed by atoms with Crippen molar-refractivity contribution in [2.45, 2.75) is 32.0 Å². The van der Waals surface area contributed by atoms with E-state index in [0.717, 1.165) is 30.9 Å². The van der Waals surface area contributed by atoms with Gasteiger partial charge < -0.3 is 15.2 Å². The Hall–Kier alpha value is -0.970. The Morgan fingerprint density at radius 3 is 2.86 bits per heavy atom. The van der Waals surface area contributed by atoms with Gasteiger partial charge in [0.2, 0.25) is 0 Å². The van der Waals surface area contributed by atoms with Gasteiger partial charge in [0.1, 0.15) is 11.9 Å². The zero-order valence-corrected chi connectivity index (χ0v) is 13.4. The van der Waals surface area contributed by atoms with Crippen LogP contribution in [0.4, 0.5) is 5.69 Å². The minimum atomic E-state index is -0.523. The van der Waals surface area contributed by atoms with E-state index in [4.69, 9.17) is 16.3 Å². The van der Waals surface area contributed by atoms with Gasteiger partial charge in [0.25, 0.3) is 0 Å². The maximum atomic E-state index is 9.41. The van der Waals surface area contributed by atoms with Crippen molar-refractivity contribution in [1.29, 1.82) is 0 Å². The lowest BCUT2D eigenvalue weighted by molar-refractivity contribution is 0.0920. The Balaban J connectivity index is 1.81. The number of benzene rings is 1.